The maximum Gasteiger partial charge on any atom is 0.471 e. The van der Waals surface area contributed by atoms with Gasteiger partial charge < -0.3 is 14.5 Å². The van der Waals surface area contributed by atoms with Gasteiger partial charge in [-0.3, -0.25) is 13.9 Å². The van der Waals surface area contributed by atoms with Gasteiger partial charge in [-0.15, -0.1) is 0 Å². The van der Waals surface area contributed by atoms with Crippen LogP contribution in [0.25, 0.3) is 0 Å². The van der Waals surface area contributed by atoms with Crippen molar-refractivity contribution in [3.05, 3.63) is 32.9 Å². The summed E-state index contributed by atoms with van der Waals surface area (Å²) in [5.41, 5.74) is -2.28. The summed E-state index contributed by atoms with van der Waals surface area (Å²) in [6, 6.07) is 0. The number of hydrogen-bond acceptors (Lipinski definition) is 5. The molecule has 2 heterocycles. The molecule has 1 aliphatic heterocycles. The lowest BCUT2D eigenvalue weighted by Crippen LogP contribution is -2.42. The summed E-state index contributed by atoms with van der Waals surface area (Å²) < 4.78 is 34.5. The number of hydrogen-bond donors (Lipinski definition) is 2. The zero-order valence-corrected chi connectivity index (χ0v) is 11.0. The largest absolute Gasteiger partial charge is 0.471 e. The van der Waals surface area contributed by atoms with Gasteiger partial charge in [0.25, 0.3) is 5.56 Å². The van der Waals surface area contributed by atoms with Crippen LogP contribution in [0.15, 0.2) is 15.8 Å². The Hall–Kier alpha value is -1.32. The molecule has 0 radical (unpaired) electrons. The highest BCUT2D eigenvalue weighted by Gasteiger charge is 2.23. The van der Waals surface area contributed by atoms with Crippen LogP contribution in [0.2, 0.25) is 0 Å². The lowest BCUT2D eigenvalue weighted by atomic mass is 10.3. The molecule has 11 heteroatoms. The monoisotopic (exact) mass is 310 g/mol. The highest BCUT2D eigenvalue weighted by atomic mass is 31.2. The molecule has 1 aromatic heterocycles. The molecular weight excluding hydrogens is 298 g/mol. The fourth-order valence-corrected chi connectivity index (χ4v) is 2.09. The minimum Gasteiger partial charge on any atom is -0.358 e. The fourth-order valence-electron chi connectivity index (χ4n) is 1.82. The number of phosphoric acid groups is 1. The first kappa shape index (κ1) is 15.1. The molecule has 0 spiro atoms. The SMILES string of the molecule is O=c1c(F)cn(C2CCCO2)c(=O)n1COP(=O)(O)O. The molecule has 1 unspecified atom stereocenters. The zero-order valence-electron chi connectivity index (χ0n) is 10.1. The first-order chi connectivity index (χ1) is 9.29. The smallest absolute Gasteiger partial charge is 0.358 e. The van der Waals surface area contributed by atoms with Gasteiger partial charge in [0.1, 0.15) is 13.0 Å². The van der Waals surface area contributed by atoms with Gasteiger partial charge in [-0.1, -0.05) is 0 Å². The Bertz CT molecular complexity index is 657. The van der Waals surface area contributed by atoms with Crippen LogP contribution in [0.5, 0.6) is 0 Å². The van der Waals surface area contributed by atoms with Crippen molar-refractivity contribution >= 4 is 7.82 Å². The predicted octanol–water partition coefficient (Wildman–Crippen LogP) is -0.475. The van der Waals surface area contributed by atoms with Crippen LogP contribution in [0.4, 0.5) is 4.39 Å². The van der Waals surface area contributed by atoms with Crippen LogP contribution in [0.1, 0.15) is 19.1 Å². The quantitative estimate of drug-likeness (QED) is 0.721. The van der Waals surface area contributed by atoms with Gasteiger partial charge in [0.15, 0.2) is 0 Å². The summed E-state index contributed by atoms with van der Waals surface area (Å²) in [4.78, 5) is 40.6. The maximum absolute atomic E-state index is 13.5. The van der Waals surface area contributed by atoms with Crippen molar-refractivity contribution in [2.75, 3.05) is 6.61 Å². The highest BCUT2D eigenvalue weighted by Crippen LogP contribution is 2.35. The summed E-state index contributed by atoms with van der Waals surface area (Å²) in [5, 5.41) is 0. The topological polar surface area (TPSA) is 120 Å². The molecule has 0 aromatic carbocycles. The van der Waals surface area contributed by atoms with Crippen molar-refractivity contribution in [3.8, 4) is 0 Å². The van der Waals surface area contributed by atoms with Gasteiger partial charge in [-0.05, 0) is 12.8 Å². The van der Waals surface area contributed by atoms with Gasteiger partial charge in [0.05, 0.1) is 6.20 Å². The Morgan fingerprint density at radius 2 is 2.20 bits per heavy atom. The van der Waals surface area contributed by atoms with Crippen molar-refractivity contribution in [1.29, 1.82) is 0 Å². The second-order valence-corrected chi connectivity index (χ2v) is 5.36. The number of ether oxygens (including phenoxy) is 1. The zero-order chi connectivity index (χ0) is 14.9. The van der Waals surface area contributed by atoms with E-state index >= 15 is 0 Å². The minimum atomic E-state index is -4.89. The molecule has 2 rings (SSSR count). The average molecular weight is 310 g/mol. The first-order valence-electron chi connectivity index (χ1n) is 5.63. The van der Waals surface area contributed by atoms with Crippen LogP contribution < -0.4 is 11.2 Å². The molecule has 1 aromatic rings. The van der Waals surface area contributed by atoms with E-state index in [-0.39, 0.29) is 4.57 Å². The fraction of sp³-hybridized carbons (Fsp3) is 0.556. The first-order valence-corrected chi connectivity index (χ1v) is 7.16. The number of phosphoric ester groups is 1. The predicted molar refractivity (Wildman–Crippen MR) is 62.3 cm³/mol. The molecule has 2 N–H and O–H groups in total. The Morgan fingerprint density at radius 1 is 1.50 bits per heavy atom. The summed E-state index contributed by atoms with van der Waals surface area (Å²) in [6.45, 7) is -0.650. The molecule has 0 aliphatic carbocycles. The van der Waals surface area contributed by atoms with Crippen molar-refractivity contribution < 1.29 is 28.0 Å². The third-order valence-electron chi connectivity index (χ3n) is 2.72. The van der Waals surface area contributed by atoms with Crippen LogP contribution in [0.3, 0.4) is 0 Å². The summed E-state index contributed by atoms with van der Waals surface area (Å²) in [6.07, 6.45) is 1.15. The standard InChI is InChI=1S/C9H12FN2O7P/c10-6-4-11(7-2-1-3-18-7)9(14)12(8(6)13)5-19-20(15,16)17/h4,7H,1-3,5H2,(H2,15,16,17). The van der Waals surface area contributed by atoms with Crippen LogP contribution in [0, 0.1) is 5.82 Å². The molecule has 1 fully saturated rings. The van der Waals surface area contributed by atoms with Crippen molar-refractivity contribution in [2.45, 2.75) is 25.8 Å². The molecule has 1 atom stereocenters. The molecule has 0 saturated carbocycles. The van der Waals surface area contributed by atoms with E-state index in [1.165, 1.54) is 0 Å². The van der Waals surface area contributed by atoms with Crippen molar-refractivity contribution in [1.82, 2.24) is 9.13 Å². The van der Waals surface area contributed by atoms with Gasteiger partial charge in [-0.2, -0.15) is 4.39 Å². The van der Waals surface area contributed by atoms with E-state index in [4.69, 9.17) is 14.5 Å². The molecule has 0 bridgehead atoms. The van der Waals surface area contributed by atoms with Gasteiger partial charge >= 0.3 is 13.5 Å². The summed E-state index contributed by atoms with van der Waals surface area (Å²) >= 11 is 0. The van der Waals surface area contributed by atoms with Crippen molar-refractivity contribution in [2.24, 2.45) is 0 Å². The lowest BCUT2D eigenvalue weighted by molar-refractivity contribution is 0.0481. The van der Waals surface area contributed by atoms with Gasteiger partial charge in [0.2, 0.25) is 5.82 Å². The Labute approximate surface area is 111 Å². The van der Waals surface area contributed by atoms with Crippen LogP contribution in [-0.4, -0.2) is 25.5 Å². The van der Waals surface area contributed by atoms with Gasteiger partial charge in [0, 0.05) is 6.61 Å². The van der Waals surface area contributed by atoms with E-state index in [2.05, 4.69) is 4.52 Å². The minimum absolute atomic E-state index is 0.260. The molecule has 0 amide bonds. The third-order valence-corrected chi connectivity index (χ3v) is 3.18. The highest BCUT2D eigenvalue weighted by molar-refractivity contribution is 7.46. The number of nitrogens with zero attached hydrogens (tertiary/aromatic N) is 2. The van der Waals surface area contributed by atoms with Crippen LogP contribution >= 0.6 is 7.82 Å². The summed E-state index contributed by atoms with van der Waals surface area (Å²) in [7, 11) is -4.89. The Kier molecular flexibility index (Phi) is 4.21. The molecular formula is C9H12FN2O7P. The van der Waals surface area contributed by atoms with E-state index in [1.54, 1.807) is 0 Å². The average Bonchev–Trinajstić information content (AvgIpc) is 2.86. The number of halogens is 1. The Morgan fingerprint density at radius 3 is 2.75 bits per heavy atom. The third kappa shape index (κ3) is 3.22. The molecule has 9 nitrogen and oxygen atoms in total. The molecule has 1 saturated heterocycles. The van der Waals surface area contributed by atoms with E-state index in [0.29, 0.717) is 25.6 Å². The van der Waals surface area contributed by atoms with E-state index < -0.39 is 37.8 Å². The molecule has 112 valence electrons. The number of rotatable bonds is 4. The maximum atomic E-state index is 13.5. The van der Waals surface area contributed by atoms with Gasteiger partial charge in [-0.25, -0.2) is 13.9 Å². The van der Waals surface area contributed by atoms with Crippen molar-refractivity contribution in [3.63, 3.8) is 0 Å². The summed E-state index contributed by atoms with van der Waals surface area (Å²) in [5.74, 6) is -1.24. The van der Waals surface area contributed by atoms with E-state index in [9.17, 15) is 18.5 Å². The van der Waals surface area contributed by atoms with E-state index in [0.717, 1.165) is 4.57 Å². The molecule has 20 heavy (non-hydrogen) atoms. The second kappa shape index (κ2) is 5.58. The number of aromatic nitrogens is 2. The second-order valence-electron chi connectivity index (χ2n) is 4.12. The van der Waals surface area contributed by atoms with Crippen LogP contribution in [-0.2, 0) is 20.6 Å². The molecule has 1 aliphatic rings. The normalized spacial score (nSPS) is 19.4. The van der Waals surface area contributed by atoms with E-state index in [1.807, 2.05) is 0 Å². The Balaban J connectivity index is 2.42. The lowest BCUT2D eigenvalue weighted by Gasteiger charge is -2.15.